The number of aromatic hydroxyl groups is 3. The largest absolute Gasteiger partial charge is 0.504 e. The number of benzene rings is 1. The Balaban J connectivity index is 1.94. The van der Waals surface area contributed by atoms with Crippen LogP contribution in [0.1, 0.15) is 30.9 Å². The third kappa shape index (κ3) is 2.31. The van der Waals surface area contributed by atoms with Gasteiger partial charge in [0.25, 0.3) is 0 Å². The van der Waals surface area contributed by atoms with Gasteiger partial charge in [0.05, 0.1) is 0 Å². The van der Waals surface area contributed by atoms with Gasteiger partial charge >= 0.3 is 0 Å². The summed E-state index contributed by atoms with van der Waals surface area (Å²) in [6, 6.07) is 3.35. The fourth-order valence-electron chi connectivity index (χ4n) is 3.29. The normalized spacial score (nSPS) is 22.4. The second-order valence-electron chi connectivity index (χ2n) is 5.79. The van der Waals surface area contributed by atoms with Gasteiger partial charge in [-0.15, -0.1) is 0 Å². The molecule has 20 heavy (non-hydrogen) atoms. The van der Waals surface area contributed by atoms with Gasteiger partial charge in [0, 0.05) is 37.8 Å². The molecule has 1 saturated carbocycles. The molecule has 1 aromatic rings. The lowest BCUT2D eigenvalue weighted by Gasteiger charge is -2.43. The summed E-state index contributed by atoms with van der Waals surface area (Å²) < 4.78 is 0. The lowest BCUT2D eigenvalue weighted by atomic mass is 9.76. The molecule has 0 spiro atoms. The van der Waals surface area contributed by atoms with Crippen molar-refractivity contribution < 1.29 is 15.3 Å². The van der Waals surface area contributed by atoms with Crippen molar-refractivity contribution in [2.75, 3.05) is 26.2 Å². The molecule has 1 aliphatic carbocycles. The molecule has 110 valence electrons. The third-order valence-electron chi connectivity index (χ3n) is 4.62. The predicted octanol–water partition coefficient (Wildman–Crippen LogP) is 1.55. The highest BCUT2D eigenvalue weighted by Gasteiger charge is 2.35. The maximum Gasteiger partial charge on any atom is 0.200 e. The summed E-state index contributed by atoms with van der Waals surface area (Å²) in [5.74, 6) is -0.302. The Hall–Kier alpha value is -1.46. The lowest BCUT2D eigenvalue weighted by molar-refractivity contribution is 0.0816. The van der Waals surface area contributed by atoms with Crippen LogP contribution in [0.2, 0.25) is 0 Å². The molecule has 0 amide bonds. The lowest BCUT2D eigenvalue weighted by Crippen LogP contribution is -2.47. The van der Waals surface area contributed by atoms with Gasteiger partial charge in [-0.3, -0.25) is 4.90 Å². The van der Waals surface area contributed by atoms with Crippen molar-refractivity contribution in [3.63, 3.8) is 0 Å². The zero-order valence-electron chi connectivity index (χ0n) is 11.5. The van der Waals surface area contributed by atoms with Gasteiger partial charge in [-0.05, 0) is 30.9 Å². The first-order valence-corrected chi connectivity index (χ1v) is 7.37. The molecule has 2 fully saturated rings. The Morgan fingerprint density at radius 3 is 2.35 bits per heavy atom. The Bertz CT molecular complexity index is 482. The highest BCUT2D eigenvalue weighted by Crippen LogP contribution is 2.48. The minimum absolute atomic E-state index is 0.136. The molecular weight excluding hydrogens is 256 g/mol. The molecule has 0 bridgehead atoms. The van der Waals surface area contributed by atoms with Gasteiger partial charge in [-0.2, -0.15) is 0 Å². The van der Waals surface area contributed by atoms with Crippen LogP contribution in [0.3, 0.4) is 0 Å². The molecule has 4 N–H and O–H groups in total. The average molecular weight is 278 g/mol. The number of phenols is 3. The topological polar surface area (TPSA) is 76.0 Å². The molecule has 1 atom stereocenters. The second-order valence-corrected chi connectivity index (χ2v) is 5.79. The fourth-order valence-corrected chi connectivity index (χ4v) is 3.29. The van der Waals surface area contributed by atoms with Crippen LogP contribution in [-0.4, -0.2) is 46.4 Å². The van der Waals surface area contributed by atoms with E-state index in [1.54, 1.807) is 6.07 Å². The van der Waals surface area contributed by atoms with Crippen LogP contribution < -0.4 is 5.32 Å². The van der Waals surface area contributed by atoms with Gasteiger partial charge in [0.2, 0.25) is 5.75 Å². The molecule has 3 rings (SSSR count). The van der Waals surface area contributed by atoms with E-state index in [1.165, 1.54) is 12.5 Å². The Morgan fingerprint density at radius 2 is 1.75 bits per heavy atom. The van der Waals surface area contributed by atoms with E-state index >= 15 is 0 Å². The van der Waals surface area contributed by atoms with E-state index in [-0.39, 0.29) is 17.5 Å². The van der Waals surface area contributed by atoms with E-state index in [9.17, 15) is 15.3 Å². The minimum atomic E-state index is -0.401. The summed E-state index contributed by atoms with van der Waals surface area (Å²) in [6.07, 6.45) is 3.56. The van der Waals surface area contributed by atoms with Crippen molar-refractivity contribution in [1.29, 1.82) is 0 Å². The van der Waals surface area contributed by atoms with E-state index in [0.29, 0.717) is 5.92 Å². The van der Waals surface area contributed by atoms with Gasteiger partial charge in [0.1, 0.15) is 0 Å². The molecular formula is C15H22N2O3. The number of hydrogen-bond donors (Lipinski definition) is 4. The SMILES string of the molecule is Oc1ccc([C@@H](C2CCC2)N2CCNCC2)c(O)c1O. The monoisotopic (exact) mass is 278 g/mol. The Morgan fingerprint density at radius 1 is 1.05 bits per heavy atom. The molecule has 2 aliphatic rings. The van der Waals surface area contributed by atoms with Crippen LogP contribution in [0.15, 0.2) is 12.1 Å². The van der Waals surface area contributed by atoms with Gasteiger partial charge in [0.15, 0.2) is 11.5 Å². The minimum Gasteiger partial charge on any atom is -0.504 e. The van der Waals surface area contributed by atoms with Crippen molar-refractivity contribution in [3.8, 4) is 17.2 Å². The standard InChI is InChI=1S/C15H22N2O3/c18-12-5-4-11(14(19)15(12)20)13(10-2-1-3-10)17-8-6-16-7-9-17/h4-5,10,13,16,18-20H,1-3,6-9H2/t13-/m1/s1. The molecule has 1 saturated heterocycles. The molecule has 0 unspecified atom stereocenters. The van der Waals surface area contributed by atoms with Crippen LogP contribution in [0.4, 0.5) is 0 Å². The highest BCUT2D eigenvalue weighted by atomic mass is 16.3. The van der Waals surface area contributed by atoms with Crippen LogP contribution >= 0.6 is 0 Å². The van der Waals surface area contributed by atoms with Gasteiger partial charge in [-0.25, -0.2) is 0 Å². The van der Waals surface area contributed by atoms with Crippen LogP contribution in [0, 0.1) is 5.92 Å². The quantitative estimate of drug-likeness (QED) is 0.631. The molecule has 0 aromatic heterocycles. The maximum absolute atomic E-state index is 10.2. The first-order valence-electron chi connectivity index (χ1n) is 7.37. The third-order valence-corrected chi connectivity index (χ3v) is 4.62. The number of hydrogen-bond acceptors (Lipinski definition) is 5. The maximum atomic E-state index is 10.2. The molecule has 1 aliphatic heterocycles. The van der Waals surface area contributed by atoms with Crippen molar-refractivity contribution in [2.45, 2.75) is 25.3 Å². The second kappa shape index (κ2) is 5.50. The smallest absolute Gasteiger partial charge is 0.200 e. The van der Waals surface area contributed by atoms with Crippen LogP contribution in [0.25, 0.3) is 0 Å². The predicted molar refractivity (Wildman–Crippen MR) is 76.0 cm³/mol. The molecule has 1 aromatic carbocycles. The Labute approximate surface area is 118 Å². The molecule has 5 heteroatoms. The zero-order chi connectivity index (χ0) is 14.1. The van der Waals surface area contributed by atoms with Crippen molar-refractivity contribution in [1.82, 2.24) is 10.2 Å². The van der Waals surface area contributed by atoms with Crippen LogP contribution in [-0.2, 0) is 0 Å². The number of rotatable bonds is 3. The summed E-state index contributed by atoms with van der Waals surface area (Å²) >= 11 is 0. The summed E-state index contributed by atoms with van der Waals surface area (Å²) in [6.45, 7) is 3.80. The first kappa shape index (κ1) is 13.5. The van der Waals surface area contributed by atoms with E-state index in [1.807, 2.05) is 0 Å². The number of piperazine rings is 1. The summed E-state index contributed by atoms with van der Waals surface area (Å²) in [5, 5.41) is 32.8. The fraction of sp³-hybridized carbons (Fsp3) is 0.600. The van der Waals surface area contributed by atoms with Crippen molar-refractivity contribution >= 4 is 0 Å². The summed E-state index contributed by atoms with van der Waals surface area (Å²) in [5.41, 5.74) is 0.743. The van der Waals surface area contributed by atoms with Crippen LogP contribution in [0.5, 0.6) is 17.2 Å². The summed E-state index contributed by atoms with van der Waals surface area (Å²) in [7, 11) is 0. The van der Waals surface area contributed by atoms with E-state index in [4.69, 9.17) is 0 Å². The van der Waals surface area contributed by atoms with E-state index in [0.717, 1.165) is 44.6 Å². The Kier molecular flexibility index (Phi) is 3.72. The van der Waals surface area contributed by atoms with E-state index < -0.39 is 5.75 Å². The zero-order valence-corrected chi connectivity index (χ0v) is 11.5. The number of nitrogens with one attached hydrogen (secondary N) is 1. The molecule has 1 heterocycles. The van der Waals surface area contributed by atoms with Crippen molar-refractivity contribution in [2.24, 2.45) is 5.92 Å². The van der Waals surface area contributed by atoms with Gasteiger partial charge < -0.3 is 20.6 Å². The highest BCUT2D eigenvalue weighted by molar-refractivity contribution is 5.54. The molecule has 5 nitrogen and oxygen atoms in total. The van der Waals surface area contributed by atoms with Crippen molar-refractivity contribution in [3.05, 3.63) is 17.7 Å². The average Bonchev–Trinajstić information content (AvgIpc) is 2.42. The number of nitrogens with zero attached hydrogens (tertiary/aromatic N) is 1. The summed E-state index contributed by atoms with van der Waals surface area (Å²) in [4.78, 5) is 2.38. The van der Waals surface area contributed by atoms with E-state index in [2.05, 4.69) is 10.2 Å². The van der Waals surface area contributed by atoms with Gasteiger partial charge in [-0.1, -0.05) is 6.42 Å². The first-order chi connectivity index (χ1) is 9.68. The molecule has 0 radical (unpaired) electrons. The number of phenolic OH excluding ortho intramolecular Hbond substituents is 3.